The number of hydrogen-bond donors (Lipinski definition) is 0. The van der Waals surface area contributed by atoms with Gasteiger partial charge in [-0.1, -0.05) is 36.4 Å². The number of benzene rings is 1. The number of aromatic nitrogens is 2. The molecule has 1 saturated carbocycles. The van der Waals surface area contributed by atoms with Gasteiger partial charge >= 0.3 is 0 Å². The monoisotopic (exact) mass is 460 g/mol. The Labute approximate surface area is 184 Å². The summed E-state index contributed by atoms with van der Waals surface area (Å²) < 4.78 is 25.7. The second-order valence-electron chi connectivity index (χ2n) is 8.62. The predicted octanol–water partition coefficient (Wildman–Crippen LogP) is 4.24. The molecule has 5 rings (SSSR count). The average molecular weight is 461 g/mol. The third-order valence-corrected chi connectivity index (χ3v) is 9.82. The van der Waals surface area contributed by atoms with Crippen molar-refractivity contribution < 1.29 is 8.42 Å². The second-order valence-corrected chi connectivity index (χ2v) is 12.8. The molecule has 0 saturated heterocycles. The Morgan fingerprint density at radius 1 is 1.17 bits per heavy atom. The Morgan fingerprint density at radius 3 is 2.60 bits per heavy atom. The van der Waals surface area contributed by atoms with Gasteiger partial charge in [0.15, 0.2) is 5.16 Å². The van der Waals surface area contributed by atoms with E-state index in [0.717, 1.165) is 54.4 Å². The van der Waals surface area contributed by atoms with E-state index in [0.29, 0.717) is 10.9 Å². The molecule has 2 heterocycles. The van der Waals surface area contributed by atoms with E-state index in [1.54, 1.807) is 15.9 Å². The SMILES string of the molecule is CS(=O)(=O)CC1(CSc2nc3sc4c(c3c(=O)n2-c2ccccc2)CCC4)CCC1. The normalized spacial score (nSPS) is 17.8. The second kappa shape index (κ2) is 7.50. The lowest BCUT2D eigenvalue weighted by molar-refractivity contribution is 0.201. The van der Waals surface area contributed by atoms with Crippen molar-refractivity contribution in [2.75, 3.05) is 17.8 Å². The van der Waals surface area contributed by atoms with E-state index in [1.165, 1.54) is 28.5 Å². The molecular weight excluding hydrogens is 436 g/mol. The molecule has 0 atom stereocenters. The van der Waals surface area contributed by atoms with Crippen LogP contribution in [0.4, 0.5) is 0 Å². The molecule has 2 aromatic heterocycles. The number of para-hydroxylation sites is 1. The van der Waals surface area contributed by atoms with Crippen LogP contribution in [0, 0.1) is 5.41 Å². The zero-order valence-corrected chi connectivity index (χ0v) is 19.3. The van der Waals surface area contributed by atoms with E-state index in [1.807, 2.05) is 30.3 Å². The van der Waals surface area contributed by atoms with Crippen LogP contribution in [-0.4, -0.2) is 35.7 Å². The minimum Gasteiger partial charge on any atom is -0.268 e. The lowest BCUT2D eigenvalue weighted by Crippen LogP contribution is -2.39. The summed E-state index contributed by atoms with van der Waals surface area (Å²) in [6.45, 7) is 0. The topological polar surface area (TPSA) is 69.0 Å². The van der Waals surface area contributed by atoms with Gasteiger partial charge in [0.2, 0.25) is 0 Å². The highest BCUT2D eigenvalue weighted by Gasteiger charge is 2.40. The van der Waals surface area contributed by atoms with Crippen LogP contribution in [0.1, 0.15) is 36.1 Å². The fourth-order valence-corrected chi connectivity index (χ4v) is 8.95. The maximum atomic E-state index is 13.6. The van der Waals surface area contributed by atoms with E-state index in [2.05, 4.69) is 0 Å². The number of rotatable bonds is 6. The highest BCUT2D eigenvalue weighted by molar-refractivity contribution is 7.99. The number of aryl methyl sites for hydroxylation is 2. The minimum atomic E-state index is -3.05. The Balaban J connectivity index is 1.60. The molecule has 0 aliphatic heterocycles. The first kappa shape index (κ1) is 20.3. The molecular formula is C22H24N2O3S3. The summed E-state index contributed by atoms with van der Waals surface area (Å²) in [5, 5.41) is 1.44. The average Bonchev–Trinajstić information content (AvgIpc) is 3.24. The van der Waals surface area contributed by atoms with Crippen molar-refractivity contribution in [3.8, 4) is 5.69 Å². The number of fused-ring (bicyclic) bond motifs is 3. The van der Waals surface area contributed by atoms with Gasteiger partial charge in [0, 0.05) is 16.9 Å². The first-order chi connectivity index (χ1) is 14.4. The standard InChI is InChI=1S/C22H24N2O3S3/c1-30(26,27)14-22(11-6-12-22)13-28-21-23-19-18(16-9-5-10-17(16)29-19)20(25)24(21)15-7-3-2-4-8-15/h2-4,7-8H,5-6,9-14H2,1H3. The Bertz CT molecular complexity index is 1270. The largest absolute Gasteiger partial charge is 0.268 e. The number of nitrogens with zero attached hydrogens (tertiary/aromatic N) is 2. The number of sulfone groups is 1. The summed E-state index contributed by atoms with van der Waals surface area (Å²) in [6.07, 6.45) is 7.29. The van der Waals surface area contributed by atoms with Gasteiger partial charge in [-0.15, -0.1) is 11.3 Å². The highest BCUT2D eigenvalue weighted by Crippen LogP contribution is 2.46. The van der Waals surface area contributed by atoms with Gasteiger partial charge in [0.05, 0.1) is 16.8 Å². The molecule has 1 aromatic carbocycles. The summed E-state index contributed by atoms with van der Waals surface area (Å²) in [4.78, 5) is 20.7. The van der Waals surface area contributed by atoms with Gasteiger partial charge < -0.3 is 0 Å². The van der Waals surface area contributed by atoms with Crippen LogP contribution >= 0.6 is 23.1 Å². The molecule has 0 spiro atoms. The van der Waals surface area contributed by atoms with Gasteiger partial charge in [-0.25, -0.2) is 13.4 Å². The van der Waals surface area contributed by atoms with Crippen LogP contribution in [-0.2, 0) is 22.7 Å². The van der Waals surface area contributed by atoms with Crippen molar-refractivity contribution in [3.63, 3.8) is 0 Å². The van der Waals surface area contributed by atoms with E-state index in [-0.39, 0.29) is 16.7 Å². The van der Waals surface area contributed by atoms with Crippen molar-refractivity contribution in [1.29, 1.82) is 0 Å². The molecule has 0 unspecified atom stereocenters. The molecule has 8 heteroatoms. The van der Waals surface area contributed by atoms with Crippen LogP contribution in [0.5, 0.6) is 0 Å². The summed E-state index contributed by atoms with van der Waals surface area (Å²) in [5.41, 5.74) is 1.78. The molecule has 0 radical (unpaired) electrons. The van der Waals surface area contributed by atoms with Crippen LogP contribution in [0.25, 0.3) is 15.9 Å². The van der Waals surface area contributed by atoms with Crippen molar-refractivity contribution in [2.24, 2.45) is 5.41 Å². The Morgan fingerprint density at radius 2 is 1.93 bits per heavy atom. The maximum Gasteiger partial charge on any atom is 0.267 e. The number of thioether (sulfide) groups is 1. The molecule has 2 aliphatic rings. The number of thiophene rings is 1. The predicted molar refractivity (Wildman–Crippen MR) is 124 cm³/mol. The molecule has 0 N–H and O–H groups in total. The summed E-state index contributed by atoms with van der Waals surface area (Å²) in [6, 6.07) is 9.65. The van der Waals surface area contributed by atoms with Crippen molar-refractivity contribution in [1.82, 2.24) is 9.55 Å². The molecule has 3 aromatic rings. The van der Waals surface area contributed by atoms with Gasteiger partial charge in [-0.05, 0) is 55.2 Å². The van der Waals surface area contributed by atoms with E-state index in [4.69, 9.17) is 4.98 Å². The van der Waals surface area contributed by atoms with Crippen LogP contribution in [0.2, 0.25) is 0 Å². The number of hydrogen-bond acceptors (Lipinski definition) is 6. The van der Waals surface area contributed by atoms with E-state index < -0.39 is 9.84 Å². The summed E-state index contributed by atoms with van der Waals surface area (Å²) in [5.74, 6) is 0.869. The molecule has 5 nitrogen and oxygen atoms in total. The smallest absolute Gasteiger partial charge is 0.267 e. The van der Waals surface area contributed by atoms with Gasteiger partial charge in [0.1, 0.15) is 14.7 Å². The van der Waals surface area contributed by atoms with Crippen molar-refractivity contribution in [3.05, 3.63) is 51.1 Å². The first-order valence-electron chi connectivity index (χ1n) is 10.3. The third-order valence-electron chi connectivity index (χ3n) is 6.21. The van der Waals surface area contributed by atoms with Crippen LogP contribution in [0.3, 0.4) is 0 Å². The van der Waals surface area contributed by atoms with Crippen LogP contribution < -0.4 is 5.56 Å². The van der Waals surface area contributed by atoms with Gasteiger partial charge in [0.25, 0.3) is 5.56 Å². The lowest BCUT2D eigenvalue weighted by atomic mass is 9.72. The highest BCUT2D eigenvalue weighted by atomic mass is 32.2. The van der Waals surface area contributed by atoms with E-state index >= 15 is 0 Å². The molecule has 1 fully saturated rings. The summed E-state index contributed by atoms with van der Waals surface area (Å²) in [7, 11) is -3.05. The quantitative estimate of drug-likeness (QED) is 0.406. The van der Waals surface area contributed by atoms with Crippen LogP contribution in [0.15, 0.2) is 40.3 Å². The zero-order valence-electron chi connectivity index (χ0n) is 16.9. The lowest BCUT2D eigenvalue weighted by Gasteiger charge is -2.41. The van der Waals surface area contributed by atoms with Crippen molar-refractivity contribution >= 4 is 43.2 Å². The molecule has 0 amide bonds. The molecule has 2 aliphatic carbocycles. The third kappa shape index (κ3) is 3.63. The molecule has 158 valence electrons. The van der Waals surface area contributed by atoms with Gasteiger partial charge in [-0.2, -0.15) is 0 Å². The minimum absolute atomic E-state index is 0.00104. The maximum absolute atomic E-state index is 13.6. The fraction of sp³-hybridized carbons (Fsp3) is 0.455. The van der Waals surface area contributed by atoms with E-state index in [9.17, 15) is 13.2 Å². The fourth-order valence-electron chi connectivity index (χ4n) is 4.71. The first-order valence-corrected chi connectivity index (χ1v) is 14.1. The van der Waals surface area contributed by atoms with Gasteiger partial charge in [-0.3, -0.25) is 9.36 Å². The Kier molecular flexibility index (Phi) is 5.07. The van der Waals surface area contributed by atoms with Crippen molar-refractivity contribution in [2.45, 2.75) is 43.7 Å². The summed E-state index contributed by atoms with van der Waals surface area (Å²) >= 11 is 3.18. The molecule has 0 bridgehead atoms. The zero-order chi connectivity index (χ0) is 20.9. The Hall–Kier alpha value is -1.64. The molecule has 30 heavy (non-hydrogen) atoms.